The third-order valence-corrected chi connectivity index (χ3v) is 6.16. The van der Waals surface area contributed by atoms with E-state index < -0.39 is 5.97 Å². The summed E-state index contributed by atoms with van der Waals surface area (Å²) in [4.78, 5) is 29.8. The van der Waals surface area contributed by atoms with Crippen LogP contribution >= 0.6 is 11.8 Å². The molecule has 7 nitrogen and oxygen atoms in total. The normalized spacial score (nSPS) is 10.6. The Morgan fingerprint density at radius 2 is 1.85 bits per heavy atom. The maximum Gasteiger partial charge on any atom is 0.346 e. The fourth-order valence-corrected chi connectivity index (χ4v) is 4.39. The Kier molecular flexibility index (Phi) is 7.39. The summed E-state index contributed by atoms with van der Waals surface area (Å²) in [7, 11) is 0. The lowest BCUT2D eigenvalue weighted by Gasteiger charge is -2.10. The zero-order chi connectivity index (χ0) is 23.9. The van der Waals surface area contributed by atoms with Gasteiger partial charge in [0.05, 0.1) is 11.3 Å². The summed E-state index contributed by atoms with van der Waals surface area (Å²) in [5.41, 5.74) is 3.53. The minimum absolute atomic E-state index is 0.251. The van der Waals surface area contributed by atoms with Crippen molar-refractivity contribution in [3.8, 4) is 5.75 Å². The topological polar surface area (TPSA) is 94.3 Å². The molecule has 0 spiro atoms. The zero-order valence-electron chi connectivity index (χ0n) is 18.8. The van der Waals surface area contributed by atoms with E-state index in [0.717, 1.165) is 22.6 Å². The third kappa shape index (κ3) is 5.71. The first-order valence-electron chi connectivity index (χ1n) is 10.6. The number of pyridine rings is 1. The molecule has 0 aliphatic carbocycles. The van der Waals surface area contributed by atoms with Crippen molar-refractivity contribution in [2.75, 3.05) is 0 Å². The summed E-state index contributed by atoms with van der Waals surface area (Å²) in [5.74, 6) is 0.792. The van der Waals surface area contributed by atoms with E-state index >= 15 is 0 Å². The number of nitrogens with zero attached hydrogens (tertiary/aromatic N) is 2. The van der Waals surface area contributed by atoms with Crippen molar-refractivity contribution >= 4 is 23.6 Å². The van der Waals surface area contributed by atoms with Gasteiger partial charge in [-0.05, 0) is 49.7 Å². The van der Waals surface area contributed by atoms with E-state index in [-0.39, 0.29) is 11.7 Å². The highest BCUT2D eigenvalue weighted by Gasteiger charge is 2.18. The van der Waals surface area contributed by atoms with Crippen LogP contribution in [0.15, 0.2) is 82.5 Å². The summed E-state index contributed by atoms with van der Waals surface area (Å²) in [6.07, 6.45) is 1.63. The van der Waals surface area contributed by atoms with Gasteiger partial charge in [-0.2, -0.15) is 0 Å². The Hall–Kier alpha value is -3.91. The van der Waals surface area contributed by atoms with Crippen molar-refractivity contribution in [3.63, 3.8) is 0 Å². The molecule has 0 radical (unpaired) electrons. The molecule has 1 amide bonds. The number of hydrogen-bond acceptors (Lipinski definition) is 7. The van der Waals surface area contributed by atoms with Gasteiger partial charge in [0.2, 0.25) is 0 Å². The molecule has 0 unspecified atom stereocenters. The van der Waals surface area contributed by atoms with E-state index in [1.165, 1.54) is 11.8 Å². The highest BCUT2D eigenvalue weighted by Crippen LogP contribution is 2.28. The molecule has 4 aromatic rings. The molecule has 0 aliphatic heterocycles. The minimum Gasteiger partial charge on any atom is -0.423 e. The SMILES string of the molecule is Cc1noc(C)c1CSc1ncccc1C(=O)Oc1cccc(C(=O)NCc2ccccc2)c1. The Morgan fingerprint density at radius 1 is 1.03 bits per heavy atom. The van der Waals surface area contributed by atoms with Crippen LogP contribution in [0, 0.1) is 13.8 Å². The predicted molar refractivity (Wildman–Crippen MR) is 129 cm³/mol. The van der Waals surface area contributed by atoms with Gasteiger partial charge in [0.1, 0.15) is 16.5 Å². The van der Waals surface area contributed by atoms with Crippen molar-refractivity contribution in [2.24, 2.45) is 0 Å². The lowest BCUT2D eigenvalue weighted by Crippen LogP contribution is -2.22. The van der Waals surface area contributed by atoms with Gasteiger partial charge in [-0.25, -0.2) is 9.78 Å². The Morgan fingerprint density at radius 3 is 2.62 bits per heavy atom. The van der Waals surface area contributed by atoms with E-state index in [1.807, 2.05) is 44.2 Å². The molecule has 8 heteroatoms. The van der Waals surface area contributed by atoms with Gasteiger partial charge in [0, 0.05) is 29.6 Å². The molecule has 0 saturated carbocycles. The van der Waals surface area contributed by atoms with Crippen LogP contribution in [0.1, 0.15) is 43.3 Å². The average molecular weight is 474 g/mol. The Balaban J connectivity index is 1.42. The van der Waals surface area contributed by atoms with Crippen LogP contribution in [0.2, 0.25) is 0 Å². The van der Waals surface area contributed by atoms with E-state index in [9.17, 15) is 9.59 Å². The molecule has 1 N–H and O–H groups in total. The minimum atomic E-state index is -0.545. The van der Waals surface area contributed by atoms with Gasteiger partial charge in [0.25, 0.3) is 5.91 Å². The maximum absolute atomic E-state index is 12.9. The molecule has 0 aliphatic rings. The number of carbonyl (C=O) groups excluding carboxylic acids is 2. The molecule has 2 aromatic heterocycles. The third-order valence-electron chi connectivity index (χ3n) is 5.13. The Bertz CT molecular complexity index is 1280. The van der Waals surface area contributed by atoms with Crippen molar-refractivity contribution in [1.29, 1.82) is 0 Å². The van der Waals surface area contributed by atoms with Crippen LogP contribution in [0.3, 0.4) is 0 Å². The van der Waals surface area contributed by atoms with Crippen LogP contribution in [0.25, 0.3) is 0 Å². The fourth-order valence-electron chi connectivity index (χ4n) is 3.25. The first-order valence-corrected chi connectivity index (χ1v) is 11.6. The fraction of sp³-hybridized carbons (Fsp3) is 0.154. The molecule has 4 rings (SSSR count). The average Bonchev–Trinajstić information content (AvgIpc) is 3.19. The second-order valence-corrected chi connectivity index (χ2v) is 8.50. The summed E-state index contributed by atoms with van der Waals surface area (Å²) in [6.45, 7) is 4.14. The van der Waals surface area contributed by atoms with Gasteiger partial charge in [-0.1, -0.05) is 41.6 Å². The van der Waals surface area contributed by atoms with E-state index in [1.54, 1.807) is 42.6 Å². The first-order chi connectivity index (χ1) is 16.5. The predicted octanol–water partition coefficient (Wildman–Crippen LogP) is 5.13. The number of hydrogen-bond donors (Lipinski definition) is 1. The van der Waals surface area contributed by atoms with Gasteiger partial charge in [0.15, 0.2) is 0 Å². The standard InChI is InChI=1S/C26H23N3O4S/c1-17-23(18(2)33-29-17)16-34-25-22(12-7-13-27-25)26(31)32-21-11-6-10-20(14-21)24(30)28-15-19-8-4-3-5-9-19/h3-14H,15-16H2,1-2H3,(H,28,30). The largest absolute Gasteiger partial charge is 0.423 e. The number of esters is 1. The number of thioether (sulfide) groups is 1. The number of ether oxygens (including phenoxy) is 1. The number of aryl methyl sites for hydroxylation is 2. The van der Waals surface area contributed by atoms with Gasteiger partial charge < -0.3 is 14.6 Å². The zero-order valence-corrected chi connectivity index (χ0v) is 19.6. The van der Waals surface area contributed by atoms with Crippen molar-refractivity contribution in [3.05, 3.63) is 107 Å². The number of benzene rings is 2. The summed E-state index contributed by atoms with van der Waals surface area (Å²) >= 11 is 1.41. The summed E-state index contributed by atoms with van der Waals surface area (Å²) in [6, 6.07) is 19.5. The lowest BCUT2D eigenvalue weighted by atomic mass is 10.2. The number of amides is 1. The van der Waals surface area contributed by atoms with Gasteiger partial charge >= 0.3 is 5.97 Å². The van der Waals surface area contributed by atoms with Crippen LogP contribution in [-0.2, 0) is 12.3 Å². The molecule has 0 atom stereocenters. The van der Waals surface area contributed by atoms with Crippen LogP contribution < -0.4 is 10.1 Å². The van der Waals surface area contributed by atoms with Gasteiger partial charge in [-0.3, -0.25) is 4.79 Å². The lowest BCUT2D eigenvalue weighted by molar-refractivity contribution is 0.0729. The number of nitrogens with one attached hydrogen (secondary N) is 1. The highest BCUT2D eigenvalue weighted by molar-refractivity contribution is 7.98. The van der Waals surface area contributed by atoms with Crippen LogP contribution in [0.4, 0.5) is 0 Å². The molecule has 0 saturated heterocycles. The molecule has 2 heterocycles. The number of rotatable bonds is 8. The smallest absolute Gasteiger partial charge is 0.346 e. The second kappa shape index (κ2) is 10.8. The molecule has 34 heavy (non-hydrogen) atoms. The first kappa shape index (κ1) is 23.3. The van der Waals surface area contributed by atoms with Gasteiger partial charge in [-0.15, -0.1) is 11.8 Å². The number of aromatic nitrogens is 2. The summed E-state index contributed by atoms with van der Waals surface area (Å²) < 4.78 is 10.8. The second-order valence-electron chi connectivity index (χ2n) is 7.53. The quantitative estimate of drug-likeness (QED) is 0.215. The molecule has 0 bridgehead atoms. The van der Waals surface area contributed by atoms with E-state index in [4.69, 9.17) is 9.26 Å². The van der Waals surface area contributed by atoms with E-state index in [0.29, 0.717) is 28.5 Å². The molecular formula is C26H23N3O4S. The van der Waals surface area contributed by atoms with Crippen molar-refractivity contribution in [1.82, 2.24) is 15.5 Å². The number of carbonyl (C=O) groups is 2. The monoisotopic (exact) mass is 473 g/mol. The molecule has 0 fully saturated rings. The van der Waals surface area contributed by atoms with Crippen molar-refractivity contribution < 1.29 is 18.8 Å². The maximum atomic E-state index is 12.9. The van der Waals surface area contributed by atoms with Crippen LogP contribution in [0.5, 0.6) is 5.75 Å². The molecule has 172 valence electrons. The molecule has 2 aromatic carbocycles. The van der Waals surface area contributed by atoms with Crippen molar-refractivity contribution in [2.45, 2.75) is 31.2 Å². The van der Waals surface area contributed by atoms with E-state index in [2.05, 4.69) is 15.5 Å². The Labute approximate surface area is 201 Å². The van der Waals surface area contributed by atoms with Crippen LogP contribution in [-0.4, -0.2) is 22.0 Å². The summed E-state index contributed by atoms with van der Waals surface area (Å²) in [5, 5.41) is 7.38. The molecular weight excluding hydrogens is 450 g/mol. The highest BCUT2D eigenvalue weighted by atomic mass is 32.2.